The standard InChI is InChI=1S/C11H16O3S/c1-2-3-7-10-15(12,13)14-11-8-5-4-6-9-11/h4-6,8-9H,2-3,7,10H2,1H3. The average Bonchev–Trinajstić information content (AvgIpc) is 2.18. The van der Waals surface area contributed by atoms with Crippen molar-refractivity contribution in [3.8, 4) is 5.75 Å². The first-order valence-corrected chi connectivity index (χ1v) is 6.69. The van der Waals surface area contributed by atoms with E-state index in [9.17, 15) is 8.42 Å². The highest BCUT2D eigenvalue weighted by Crippen LogP contribution is 2.12. The molecule has 1 aromatic carbocycles. The van der Waals surface area contributed by atoms with Crippen molar-refractivity contribution in [2.24, 2.45) is 0 Å². The first kappa shape index (κ1) is 12.0. The summed E-state index contributed by atoms with van der Waals surface area (Å²) in [6, 6.07) is 8.58. The molecule has 0 aliphatic carbocycles. The van der Waals surface area contributed by atoms with Gasteiger partial charge < -0.3 is 4.18 Å². The van der Waals surface area contributed by atoms with Crippen LogP contribution in [0.1, 0.15) is 26.2 Å². The number of para-hydroxylation sites is 1. The van der Waals surface area contributed by atoms with Crippen LogP contribution in [0.4, 0.5) is 0 Å². The van der Waals surface area contributed by atoms with Gasteiger partial charge in [-0.2, -0.15) is 8.42 Å². The second-order valence-electron chi connectivity index (χ2n) is 3.37. The molecule has 0 aliphatic rings. The maximum absolute atomic E-state index is 11.5. The largest absolute Gasteiger partial charge is 0.382 e. The van der Waals surface area contributed by atoms with Crippen LogP contribution in [0.2, 0.25) is 0 Å². The first-order chi connectivity index (χ1) is 7.14. The van der Waals surface area contributed by atoms with Gasteiger partial charge in [-0.25, -0.2) is 0 Å². The van der Waals surface area contributed by atoms with Gasteiger partial charge in [-0.1, -0.05) is 38.0 Å². The Bertz CT molecular complexity index is 370. The minimum absolute atomic E-state index is 0.0930. The van der Waals surface area contributed by atoms with Crippen molar-refractivity contribution in [2.75, 3.05) is 5.75 Å². The lowest BCUT2D eigenvalue weighted by Crippen LogP contribution is -2.13. The number of hydrogen-bond acceptors (Lipinski definition) is 3. The second kappa shape index (κ2) is 5.75. The van der Waals surface area contributed by atoms with Gasteiger partial charge in [0.05, 0.1) is 5.75 Å². The summed E-state index contributed by atoms with van der Waals surface area (Å²) in [4.78, 5) is 0. The summed E-state index contributed by atoms with van der Waals surface area (Å²) in [5.74, 6) is 0.476. The van der Waals surface area contributed by atoms with Gasteiger partial charge in [0.25, 0.3) is 0 Å². The van der Waals surface area contributed by atoms with Crippen molar-refractivity contribution in [1.82, 2.24) is 0 Å². The molecular formula is C11H16O3S. The molecule has 0 saturated heterocycles. The Morgan fingerprint density at radius 3 is 2.40 bits per heavy atom. The Morgan fingerprint density at radius 2 is 1.80 bits per heavy atom. The van der Waals surface area contributed by atoms with Gasteiger partial charge in [0, 0.05) is 0 Å². The van der Waals surface area contributed by atoms with Gasteiger partial charge in [-0.15, -0.1) is 0 Å². The highest BCUT2D eigenvalue weighted by molar-refractivity contribution is 7.87. The summed E-state index contributed by atoms with van der Waals surface area (Å²) in [7, 11) is -3.41. The molecule has 0 spiro atoms. The Hall–Kier alpha value is -1.03. The van der Waals surface area contributed by atoms with Crippen LogP contribution >= 0.6 is 0 Å². The van der Waals surface area contributed by atoms with E-state index < -0.39 is 10.1 Å². The zero-order chi connectivity index (χ0) is 11.1. The Labute approximate surface area is 91.2 Å². The molecular weight excluding hydrogens is 212 g/mol. The molecule has 0 aromatic heterocycles. The van der Waals surface area contributed by atoms with E-state index in [-0.39, 0.29) is 5.75 Å². The van der Waals surface area contributed by atoms with E-state index in [0.29, 0.717) is 12.2 Å². The summed E-state index contributed by atoms with van der Waals surface area (Å²) in [5.41, 5.74) is 0. The van der Waals surface area contributed by atoms with Crippen LogP contribution in [0, 0.1) is 0 Å². The molecule has 0 amide bonds. The van der Waals surface area contributed by atoms with Crippen molar-refractivity contribution in [3.63, 3.8) is 0 Å². The van der Waals surface area contributed by atoms with Crippen LogP contribution in [0.25, 0.3) is 0 Å². The Kier molecular flexibility index (Phi) is 4.62. The SMILES string of the molecule is CCCCCS(=O)(=O)Oc1ccccc1. The zero-order valence-corrected chi connectivity index (χ0v) is 9.66. The molecule has 15 heavy (non-hydrogen) atoms. The maximum Gasteiger partial charge on any atom is 0.309 e. The van der Waals surface area contributed by atoms with Crippen LogP contribution in [-0.2, 0) is 10.1 Å². The highest BCUT2D eigenvalue weighted by Gasteiger charge is 2.11. The van der Waals surface area contributed by atoms with E-state index in [4.69, 9.17) is 4.18 Å². The lowest BCUT2D eigenvalue weighted by molar-refractivity contribution is 0.483. The van der Waals surface area contributed by atoms with Crippen molar-refractivity contribution in [2.45, 2.75) is 26.2 Å². The smallest absolute Gasteiger partial charge is 0.309 e. The lowest BCUT2D eigenvalue weighted by atomic mass is 10.3. The molecule has 0 radical (unpaired) electrons. The number of unbranched alkanes of at least 4 members (excludes halogenated alkanes) is 2. The van der Waals surface area contributed by atoms with Crippen LogP contribution < -0.4 is 4.18 Å². The van der Waals surface area contributed by atoms with Gasteiger partial charge in [0.15, 0.2) is 0 Å². The van der Waals surface area contributed by atoms with Crippen LogP contribution in [0.5, 0.6) is 5.75 Å². The Balaban J connectivity index is 2.50. The quantitative estimate of drug-likeness (QED) is 0.555. The maximum atomic E-state index is 11.5. The summed E-state index contributed by atoms with van der Waals surface area (Å²) in [5, 5.41) is 0. The van der Waals surface area contributed by atoms with Crippen molar-refractivity contribution in [3.05, 3.63) is 30.3 Å². The van der Waals surface area contributed by atoms with Crippen LogP contribution in [0.15, 0.2) is 30.3 Å². The lowest BCUT2D eigenvalue weighted by Gasteiger charge is -2.05. The van der Waals surface area contributed by atoms with Gasteiger partial charge in [-0.05, 0) is 18.6 Å². The van der Waals surface area contributed by atoms with Gasteiger partial charge in [-0.3, -0.25) is 0 Å². The monoisotopic (exact) mass is 228 g/mol. The number of rotatable bonds is 6. The second-order valence-corrected chi connectivity index (χ2v) is 5.06. The minimum Gasteiger partial charge on any atom is -0.382 e. The molecule has 0 unspecified atom stereocenters. The summed E-state index contributed by atoms with van der Waals surface area (Å²) >= 11 is 0. The number of benzene rings is 1. The first-order valence-electron chi connectivity index (χ1n) is 5.11. The number of hydrogen-bond donors (Lipinski definition) is 0. The fourth-order valence-corrected chi connectivity index (χ4v) is 2.24. The Morgan fingerprint density at radius 1 is 1.13 bits per heavy atom. The third-order valence-electron chi connectivity index (χ3n) is 1.96. The van der Waals surface area contributed by atoms with E-state index in [1.807, 2.05) is 13.0 Å². The van der Waals surface area contributed by atoms with Crippen molar-refractivity contribution < 1.29 is 12.6 Å². The molecule has 1 aromatic rings. The van der Waals surface area contributed by atoms with E-state index in [1.54, 1.807) is 24.3 Å². The van der Waals surface area contributed by atoms with Crippen molar-refractivity contribution >= 4 is 10.1 Å². The molecule has 3 nitrogen and oxygen atoms in total. The van der Waals surface area contributed by atoms with E-state index >= 15 is 0 Å². The van der Waals surface area contributed by atoms with Crippen molar-refractivity contribution in [1.29, 1.82) is 0 Å². The fourth-order valence-electron chi connectivity index (χ4n) is 1.19. The fraction of sp³-hybridized carbons (Fsp3) is 0.455. The van der Waals surface area contributed by atoms with E-state index in [2.05, 4.69) is 0 Å². The molecule has 0 N–H and O–H groups in total. The predicted molar refractivity (Wildman–Crippen MR) is 60.4 cm³/mol. The highest BCUT2D eigenvalue weighted by atomic mass is 32.2. The zero-order valence-electron chi connectivity index (χ0n) is 8.85. The van der Waals surface area contributed by atoms with Gasteiger partial charge in [0.1, 0.15) is 5.75 Å². The molecule has 84 valence electrons. The van der Waals surface area contributed by atoms with E-state index in [0.717, 1.165) is 12.8 Å². The molecule has 0 bridgehead atoms. The molecule has 0 heterocycles. The topological polar surface area (TPSA) is 43.4 Å². The molecule has 0 aliphatic heterocycles. The molecule has 1 rings (SSSR count). The van der Waals surface area contributed by atoms with Gasteiger partial charge >= 0.3 is 10.1 Å². The molecule has 4 heteroatoms. The average molecular weight is 228 g/mol. The van der Waals surface area contributed by atoms with Crippen LogP contribution in [-0.4, -0.2) is 14.2 Å². The van der Waals surface area contributed by atoms with Crippen LogP contribution in [0.3, 0.4) is 0 Å². The third-order valence-corrected chi connectivity index (χ3v) is 3.20. The molecule has 0 fully saturated rings. The molecule has 0 atom stereocenters. The normalized spacial score (nSPS) is 11.3. The molecule has 0 saturated carbocycles. The van der Waals surface area contributed by atoms with E-state index in [1.165, 1.54) is 0 Å². The summed E-state index contributed by atoms with van der Waals surface area (Å²) in [6.45, 7) is 2.03. The predicted octanol–water partition coefficient (Wildman–Crippen LogP) is 2.59. The minimum atomic E-state index is -3.41. The van der Waals surface area contributed by atoms with Gasteiger partial charge in [0.2, 0.25) is 0 Å². The summed E-state index contributed by atoms with van der Waals surface area (Å²) < 4.78 is 27.8. The summed E-state index contributed by atoms with van der Waals surface area (Å²) in [6.07, 6.45) is 2.57. The third kappa shape index (κ3) is 4.83.